The van der Waals surface area contributed by atoms with E-state index in [4.69, 9.17) is 27.2 Å². The number of aromatic carboxylic acids is 1. The van der Waals surface area contributed by atoms with Crippen molar-refractivity contribution in [1.29, 1.82) is 0 Å². The Hall–Kier alpha value is -2.27. The van der Waals surface area contributed by atoms with Crippen molar-refractivity contribution in [3.8, 4) is 5.75 Å². The molecule has 0 unspecified atom stereocenters. The van der Waals surface area contributed by atoms with Gasteiger partial charge in [0.15, 0.2) is 0 Å². The van der Waals surface area contributed by atoms with Crippen molar-refractivity contribution in [2.24, 2.45) is 0 Å². The van der Waals surface area contributed by atoms with E-state index in [1.54, 1.807) is 12.1 Å². The lowest BCUT2D eigenvalue weighted by atomic mass is 10.1. The Bertz CT molecular complexity index is 661. The van der Waals surface area contributed by atoms with E-state index < -0.39 is 11.8 Å². The lowest BCUT2D eigenvalue weighted by molar-refractivity contribution is 0.0693. The lowest BCUT2D eigenvalue weighted by Crippen LogP contribution is -2.07. The van der Waals surface area contributed by atoms with Crippen LogP contribution in [0.1, 0.15) is 15.9 Å². The van der Waals surface area contributed by atoms with Crippen LogP contribution in [0.25, 0.3) is 0 Å². The first-order valence-corrected chi connectivity index (χ1v) is 6.06. The summed E-state index contributed by atoms with van der Waals surface area (Å²) in [5.74, 6) is -1.71. The predicted octanol–water partition coefficient (Wildman–Crippen LogP) is 3.34. The van der Waals surface area contributed by atoms with Crippen molar-refractivity contribution >= 4 is 23.3 Å². The minimum atomic E-state index is -1.20. The van der Waals surface area contributed by atoms with Crippen LogP contribution < -0.4 is 10.5 Å². The van der Waals surface area contributed by atoms with Crippen LogP contribution in [0.15, 0.2) is 36.4 Å². The van der Waals surface area contributed by atoms with E-state index in [9.17, 15) is 9.18 Å². The van der Waals surface area contributed by atoms with Crippen molar-refractivity contribution in [2.75, 3.05) is 5.73 Å². The molecule has 0 fully saturated rings. The summed E-state index contributed by atoms with van der Waals surface area (Å²) in [6.07, 6.45) is 0. The first kappa shape index (κ1) is 14.1. The van der Waals surface area contributed by atoms with Crippen molar-refractivity contribution in [3.05, 3.63) is 58.4 Å². The van der Waals surface area contributed by atoms with Crippen LogP contribution in [0.3, 0.4) is 0 Å². The molecule has 0 saturated heterocycles. The number of ether oxygens (including phenoxy) is 1. The van der Waals surface area contributed by atoms with Gasteiger partial charge in [-0.3, -0.25) is 0 Å². The smallest absolute Gasteiger partial charge is 0.341 e. The summed E-state index contributed by atoms with van der Waals surface area (Å²) >= 11 is 5.66. The lowest BCUT2D eigenvalue weighted by Gasteiger charge is -2.11. The van der Waals surface area contributed by atoms with Gasteiger partial charge in [-0.2, -0.15) is 0 Å². The Morgan fingerprint density at radius 2 is 2.00 bits per heavy atom. The second-order valence-corrected chi connectivity index (χ2v) is 4.43. The van der Waals surface area contributed by atoms with Gasteiger partial charge in [-0.05, 0) is 18.2 Å². The van der Waals surface area contributed by atoms with E-state index >= 15 is 0 Å². The molecule has 0 atom stereocenters. The molecule has 4 nitrogen and oxygen atoms in total. The SMILES string of the molecule is Nc1cccc(OCc2cccc(Cl)c2F)c1C(=O)O. The van der Waals surface area contributed by atoms with Crippen LogP contribution >= 0.6 is 11.6 Å². The number of nitrogen functional groups attached to an aromatic ring is 1. The summed E-state index contributed by atoms with van der Waals surface area (Å²) in [6.45, 7) is -0.143. The molecule has 0 aliphatic carbocycles. The van der Waals surface area contributed by atoms with Gasteiger partial charge in [0.2, 0.25) is 0 Å². The summed E-state index contributed by atoms with van der Waals surface area (Å²) in [6, 6.07) is 8.99. The number of carboxylic acids is 1. The van der Waals surface area contributed by atoms with Crippen LogP contribution in [-0.4, -0.2) is 11.1 Å². The maximum atomic E-state index is 13.7. The molecule has 0 saturated carbocycles. The summed E-state index contributed by atoms with van der Waals surface area (Å²) in [5.41, 5.74) is 5.76. The third-order valence-electron chi connectivity index (χ3n) is 2.69. The Balaban J connectivity index is 2.26. The normalized spacial score (nSPS) is 10.3. The van der Waals surface area contributed by atoms with Gasteiger partial charge in [0.05, 0.1) is 5.02 Å². The van der Waals surface area contributed by atoms with E-state index in [-0.39, 0.29) is 34.2 Å². The Labute approximate surface area is 119 Å². The zero-order chi connectivity index (χ0) is 14.7. The van der Waals surface area contributed by atoms with Crippen LogP contribution in [0.5, 0.6) is 5.75 Å². The van der Waals surface area contributed by atoms with E-state index in [0.717, 1.165) is 0 Å². The fraction of sp³-hybridized carbons (Fsp3) is 0.0714. The van der Waals surface area contributed by atoms with E-state index in [0.29, 0.717) is 0 Å². The van der Waals surface area contributed by atoms with E-state index in [1.807, 2.05) is 0 Å². The molecule has 2 aromatic carbocycles. The molecule has 0 bridgehead atoms. The van der Waals surface area contributed by atoms with Gasteiger partial charge < -0.3 is 15.6 Å². The van der Waals surface area contributed by atoms with Gasteiger partial charge >= 0.3 is 5.97 Å². The molecule has 0 heterocycles. The van der Waals surface area contributed by atoms with Crippen molar-refractivity contribution in [1.82, 2.24) is 0 Å². The molecule has 2 rings (SSSR count). The molecule has 0 aromatic heterocycles. The topological polar surface area (TPSA) is 72.5 Å². The van der Waals surface area contributed by atoms with Gasteiger partial charge in [0.1, 0.15) is 23.7 Å². The molecule has 6 heteroatoms. The molecule has 3 N–H and O–H groups in total. The van der Waals surface area contributed by atoms with Crippen molar-refractivity contribution < 1.29 is 19.0 Å². The van der Waals surface area contributed by atoms with Crippen LogP contribution in [0.2, 0.25) is 5.02 Å². The average Bonchev–Trinajstić information content (AvgIpc) is 2.40. The first-order valence-electron chi connectivity index (χ1n) is 5.68. The van der Waals surface area contributed by atoms with Gasteiger partial charge in [0.25, 0.3) is 0 Å². The zero-order valence-electron chi connectivity index (χ0n) is 10.3. The summed E-state index contributed by atoms with van der Waals surface area (Å²) in [4.78, 5) is 11.1. The van der Waals surface area contributed by atoms with Crippen molar-refractivity contribution in [2.45, 2.75) is 6.61 Å². The summed E-state index contributed by atoms with van der Waals surface area (Å²) in [7, 11) is 0. The summed E-state index contributed by atoms with van der Waals surface area (Å²) < 4.78 is 19.0. The van der Waals surface area contributed by atoms with Gasteiger partial charge in [-0.25, -0.2) is 9.18 Å². The predicted molar refractivity (Wildman–Crippen MR) is 73.6 cm³/mol. The van der Waals surface area contributed by atoms with Crippen LogP contribution in [0.4, 0.5) is 10.1 Å². The molecule has 20 heavy (non-hydrogen) atoms. The van der Waals surface area contributed by atoms with E-state index in [1.165, 1.54) is 24.3 Å². The Kier molecular flexibility index (Phi) is 4.10. The Morgan fingerprint density at radius 3 is 2.70 bits per heavy atom. The molecular weight excluding hydrogens is 285 g/mol. The molecule has 0 aliphatic heterocycles. The maximum Gasteiger partial charge on any atom is 0.341 e. The fourth-order valence-electron chi connectivity index (χ4n) is 1.71. The minimum absolute atomic E-state index is 0.0165. The highest BCUT2D eigenvalue weighted by molar-refractivity contribution is 6.30. The number of rotatable bonds is 4. The zero-order valence-corrected chi connectivity index (χ0v) is 11.0. The first-order chi connectivity index (χ1) is 9.50. The molecule has 0 aliphatic rings. The number of carbonyl (C=O) groups is 1. The highest BCUT2D eigenvalue weighted by Gasteiger charge is 2.15. The summed E-state index contributed by atoms with van der Waals surface area (Å²) in [5, 5.41) is 9.07. The molecule has 2 aromatic rings. The number of anilines is 1. The highest BCUT2D eigenvalue weighted by atomic mass is 35.5. The molecule has 0 radical (unpaired) electrons. The number of nitrogens with two attached hydrogens (primary N) is 1. The third kappa shape index (κ3) is 2.83. The number of carboxylic acid groups (broad SMARTS) is 1. The average molecular weight is 296 g/mol. The number of hydrogen-bond acceptors (Lipinski definition) is 3. The molecule has 104 valence electrons. The van der Waals surface area contributed by atoms with Gasteiger partial charge in [-0.15, -0.1) is 0 Å². The maximum absolute atomic E-state index is 13.7. The second kappa shape index (κ2) is 5.79. The van der Waals surface area contributed by atoms with Crippen LogP contribution in [0, 0.1) is 5.82 Å². The number of hydrogen-bond donors (Lipinski definition) is 2. The Morgan fingerprint density at radius 1 is 1.30 bits per heavy atom. The molecule has 0 spiro atoms. The molecular formula is C14H11ClFNO3. The third-order valence-corrected chi connectivity index (χ3v) is 2.98. The number of benzene rings is 2. The van der Waals surface area contributed by atoms with Gasteiger partial charge in [0, 0.05) is 11.3 Å². The quantitative estimate of drug-likeness (QED) is 0.849. The fourth-order valence-corrected chi connectivity index (χ4v) is 1.91. The molecule has 0 amide bonds. The van der Waals surface area contributed by atoms with E-state index in [2.05, 4.69) is 0 Å². The van der Waals surface area contributed by atoms with Gasteiger partial charge in [-0.1, -0.05) is 29.8 Å². The largest absolute Gasteiger partial charge is 0.488 e. The standard InChI is InChI=1S/C14H11ClFNO3/c15-9-4-1-3-8(13(9)16)7-20-11-6-2-5-10(17)12(11)14(18)19/h1-6H,7,17H2,(H,18,19). The minimum Gasteiger partial charge on any atom is -0.488 e. The van der Waals surface area contributed by atoms with Crippen molar-refractivity contribution in [3.63, 3.8) is 0 Å². The second-order valence-electron chi connectivity index (χ2n) is 4.03. The monoisotopic (exact) mass is 295 g/mol. The van der Waals surface area contributed by atoms with Crippen LogP contribution in [-0.2, 0) is 6.61 Å². The number of halogens is 2. The highest BCUT2D eigenvalue weighted by Crippen LogP contribution is 2.26.